The number of nitrogens with two attached hydrogens (primary N) is 1. The largest absolute Gasteiger partial charge is 0.491 e. The number of halogens is 1. The van der Waals surface area contributed by atoms with Crippen LogP contribution in [0.4, 0.5) is 15.8 Å². The fourth-order valence-electron chi connectivity index (χ4n) is 1.35. The van der Waals surface area contributed by atoms with Crippen LogP contribution in [-0.4, -0.2) is 24.6 Å². The van der Waals surface area contributed by atoms with E-state index in [1.807, 2.05) is 0 Å². The van der Waals surface area contributed by atoms with E-state index in [1.165, 1.54) is 0 Å². The van der Waals surface area contributed by atoms with Crippen LogP contribution in [0.5, 0.6) is 5.75 Å². The van der Waals surface area contributed by atoms with Crippen LogP contribution in [0, 0.1) is 15.9 Å². The van der Waals surface area contributed by atoms with Gasteiger partial charge in [0.25, 0.3) is 0 Å². The van der Waals surface area contributed by atoms with Crippen molar-refractivity contribution in [3.05, 3.63) is 27.6 Å². The quantitative estimate of drug-likeness (QED) is 0.379. The van der Waals surface area contributed by atoms with Gasteiger partial charge in [0.05, 0.1) is 18.6 Å². The van der Waals surface area contributed by atoms with Gasteiger partial charge in [-0.15, -0.1) is 0 Å². The van der Waals surface area contributed by atoms with Crippen LogP contribution in [0.3, 0.4) is 0 Å². The van der Waals surface area contributed by atoms with Crippen LogP contribution >= 0.6 is 0 Å². The molecule has 0 saturated carbocycles. The number of hydrogen-bond donors (Lipinski definition) is 1. The van der Waals surface area contributed by atoms with Crippen molar-refractivity contribution in [2.45, 2.75) is 6.92 Å². The predicted molar refractivity (Wildman–Crippen MR) is 60.0 cm³/mol. The monoisotopic (exact) mass is 258 g/mol. The van der Waals surface area contributed by atoms with Crippen molar-refractivity contribution in [3.63, 3.8) is 0 Å². The molecule has 0 aliphatic rings. The molecule has 7 nitrogen and oxygen atoms in total. The smallest absolute Gasteiger partial charge is 0.341 e. The van der Waals surface area contributed by atoms with Gasteiger partial charge in [0.1, 0.15) is 11.3 Å². The Labute approximate surface area is 101 Å². The summed E-state index contributed by atoms with van der Waals surface area (Å²) in [6.07, 6.45) is 0. The number of benzene rings is 1. The zero-order valence-electron chi connectivity index (χ0n) is 9.73. The maximum atomic E-state index is 13.8. The summed E-state index contributed by atoms with van der Waals surface area (Å²) in [5.74, 6) is -2.52. The van der Waals surface area contributed by atoms with Crippen LogP contribution in [0.1, 0.15) is 17.3 Å². The third-order valence-electron chi connectivity index (χ3n) is 2.13. The van der Waals surface area contributed by atoms with Gasteiger partial charge in [-0.2, -0.15) is 4.39 Å². The maximum absolute atomic E-state index is 13.8. The van der Waals surface area contributed by atoms with E-state index >= 15 is 0 Å². The molecule has 0 saturated heterocycles. The average molecular weight is 258 g/mol. The summed E-state index contributed by atoms with van der Waals surface area (Å²) in [6.45, 7) is 1.78. The minimum absolute atomic E-state index is 0.133. The molecule has 18 heavy (non-hydrogen) atoms. The minimum Gasteiger partial charge on any atom is -0.491 e. The minimum atomic E-state index is -1.34. The average Bonchev–Trinajstić information content (AvgIpc) is 2.31. The lowest BCUT2D eigenvalue weighted by atomic mass is 10.1. The molecule has 2 N–H and O–H groups in total. The van der Waals surface area contributed by atoms with Crippen LogP contribution < -0.4 is 10.5 Å². The fraction of sp³-hybridized carbons (Fsp3) is 0.300. The van der Waals surface area contributed by atoms with E-state index in [0.29, 0.717) is 0 Å². The highest BCUT2D eigenvalue weighted by Gasteiger charge is 2.29. The zero-order chi connectivity index (χ0) is 13.9. The summed E-state index contributed by atoms with van der Waals surface area (Å²) >= 11 is 0. The first kappa shape index (κ1) is 13.7. The number of nitro benzene ring substituents is 1. The van der Waals surface area contributed by atoms with Crippen LogP contribution in [-0.2, 0) is 4.74 Å². The van der Waals surface area contributed by atoms with E-state index in [4.69, 9.17) is 10.5 Å². The zero-order valence-corrected chi connectivity index (χ0v) is 9.73. The highest BCUT2D eigenvalue weighted by atomic mass is 19.1. The van der Waals surface area contributed by atoms with E-state index in [-0.39, 0.29) is 12.4 Å². The SMILES string of the molecule is CCOc1cc(C(=O)OC)c(F)c([N+](=O)[O-])c1N. The first-order valence-electron chi connectivity index (χ1n) is 4.91. The van der Waals surface area contributed by atoms with Gasteiger partial charge in [-0.3, -0.25) is 10.1 Å². The molecule has 98 valence electrons. The Hall–Kier alpha value is -2.38. The molecule has 1 aromatic carbocycles. The number of hydrogen-bond acceptors (Lipinski definition) is 6. The lowest BCUT2D eigenvalue weighted by molar-refractivity contribution is -0.386. The molecule has 0 amide bonds. The topological polar surface area (TPSA) is 105 Å². The number of carbonyl (C=O) groups excluding carboxylic acids is 1. The Bertz CT molecular complexity index is 504. The fourth-order valence-corrected chi connectivity index (χ4v) is 1.35. The Kier molecular flexibility index (Phi) is 4.03. The highest BCUT2D eigenvalue weighted by Crippen LogP contribution is 2.36. The lowest BCUT2D eigenvalue weighted by Crippen LogP contribution is -2.10. The summed E-state index contributed by atoms with van der Waals surface area (Å²) in [6, 6.07) is 0.979. The molecular weight excluding hydrogens is 247 g/mol. The summed E-state index contributed by atoms with van der Waals surface area (Å²) in [7, 11) is 1.03. The highest BCUT2D eigenvalue weighted by molar-refractivity contribution is 5.93. The van der Waals surface area contributed by atoms with E-state index in [9.17, 15) is 19.3 Å². The van der Waals surface area contributed by atoms with Gasteiger partial charge in [-0.1, -0.05) is 0 Å². The first-order chi connectivity index (χ1) is 8.43. The summed E-state index contributed by atoms with van der Waals surface area (Å²) in [4.78, 5) is 21.0. The third-order valence-corrected chi connectivity index (χ3v) is 2.13. The van der Waals surface area contributed by atoms with E-state index in [2.05, 4.69) is 4.74 Å². The van der Waals surface area contributed by atoms with Gasteiger partial charge < -0.3 is 15.2 Å². The molecule has 1 rings (SSSR count). The number of esters is 1. The number of nitro groups is 1. The molecule has 0 aliphatic carbocycles. The number of carbonyl (C=O) groups is 1. The Morgan fingerprint density at radius 1 is 1.61 bits per heavy atom. The van der Waals surface area contributed by atoms with Gasteiger partial charge >= 0.3 is 11.7 Å². The Morgan fingerprint density at radius 3 is 2.67 bits per heavy atom. The van der Waals surface area contributed by atoms with Gasteiger partial charge in [0, 0.05) is 6.07 Å². The van der Waals surface area contributed by atoms with Crippen molar-refractivity contribution in [2.75, 3.05) is 19.5 Å². The second-order valence-corrected chi connectivity index (χ2v) is 3.18. The van der Waals surface area contributed by atoms with Gasteiger partial charge in [-0.25, -0.2) is 4.79 Å². The van der Waals surface area contributed by atoms with Crippen molar-refractivity contribution < 1.29 is 23.6 Å². The maximum Gasteiger partial charge on any atom is 0.341 e. The van der Waals surface area contributed by atoms with Crippen LogP contribution in [0.25, 0.3) is 0 Å². The number of anilines is 1. The molecule has 0 unspecified atom stereocenters. The Morgan fingerprint density at radius 2 is 2.22 bits per heavy atom. The Balaban J connectivity index is 3.55. The molecule has 0 atom stereocenters. The van der Waals surface area contributed by atoms with E-state index in [1.54, 1.807) is 6.92 Å². The van der Waals surface area contributed by atoms with Crippen molar-refractivity contribution in [3.8, 4) is 5.75 Å². The van der Waals surface area contributed by atoms with Gasteiger partial charge in [0.15, 0.2) is 5.69 Å². The molecule has 0 heterocycles. The second kappa shape index (κ2) is 5.30. The van der Waals surface area contributed by atoms with E-state index < -0.39 is 33.6 Å². The lowest BCUT2D eigenvalue weighted by Gasteiger charge is -2.10. The number of methoxy groups -OCH3 is 1. The van der Waals surface area contributed by atoms with Crippen molar-refractivity contribution in [1.29, 1.82) is 0 Å². The van der Waals surface area contributed by atoms with Gasteiger partial charge in [0.2, 0.25) is 5.82 Å². The molecule has 0 spiro atoms. The number of ether oxygens (including phenoxy) is 2. The summed E-state index contributed by atoms with van der Waals surface area (Å²) in [5.41, 5.74) is 3.36. The molecule has 0 aromatic heterocycles. The molecule has 0 radical (unpaired) electrons. The summed E-state index contributed by atoms with van der Waals surface area (Å²) in [5, 5.41) is 10.7. The third kappa shape index (κ3) is 2.31. The molecule has 0 bridgehead atoms. The molecule has 1 aromatic rings. The second-order valence-electron chi connectivity index (χ2n) is 3.18. The summed E-state index contributed by atoms with van der Waals surface area (Å²) < 4.78 is 23.1. The number of nitrogen functional groups attached to an aromatic ring is 1. The first-order valence-corrected chi connectivity index (χ1v) is 4.91. The van der Waals surface area contributed by atoms with Crippen molar-refractivity contribution >= 4 is 17.3 Å². The molecule has 8 heteroatoms. The van der Waals surface area contributed by atoms with Crippen molar-refractivity contribution in [1.82, 2.24) is 0 Å². The van der Waals surface area contributed by atoms with Crippen molar-refractivity contribution in [2.24, 2.45) is 0 Å². The predicted octanol–water partition coefficient (Wildman–Crippen LogP) is 1.50. The molecule has 0 fully saturated rings. The molecule has 0 aliphatic heterocycles. The van der Waals surface area contributed by atoms with Crippen LogP contribution in [0.15, 0.2) is 6.07 Å². The normalized spacial score (nSPS) is 9.94. The van der Waals surface area contributed by atoms with E-state index in [0.717, 1.165) is 13.2 Å². The standard InChI is InChI=1S/C10H11FN2O5/c1-3-18-6-4-5(10(14)17-2)7(11)9(8(6)12)13(15)16/h4H,3,12H2,1-2H3. The number of nitrogens with zero attached hydrogens (tertiary/aromatic N) is 1. The van der Waals surface area contributed by atoms with Gasteiger partial charge in [-0.05, 0) is 6.92 Å². The van der Waals surface area contributed by atoms with Crippen LogP contribution in [0.2, 0.25) is 0 Å². The molecular formula is C10H11FN2O5. The number of rotatable bonds is 4.